The second-order valence-corrected chi connectivity index (χ2v) is 4.55. The van der Waals surface area contributed by atoms with Crippen molar-refractivity contribution < 1.29 is 28.3 Å². The minimum absolute atomic E-state index is 0.0765. The van der Waals surface area contributed by atoms with Crippen molar-refractivity contribution >= 4 is 7.82 Å². The highest BCUT2D eigenvalue weighted by molar-refractivity contribution is 7.45. The third-order valence-electron chi connectivity index (χ3n) is 2.22. The first-order valence-corrected chi connectivity index (χ1v) is 5.43. The van der Waals surface area contributed by atoms with E-state index in [4.69, 9.17) is 4.74 Å². The van der Waals surface area contributed by atoms with Crippen LogP contribution >= 0.6 is 7.82 Å². The maximum atomic E-state index is 10.9. The van der Waals surface area contributed by atoms with E-state index in [-0.39, 0.29) is 6.61 Å². The first kappa shape index (κ1) is 9.58. The summed E-state index contributed by atoms with van der Waals surface area (Å²) in [6.07, 6.45) is -2.62. The molecule has 0 spiro atoms. The zero-order chi connectivity index (χ0) is 9.64. The Hall–Kier alpha value is 0.0300. The van der Waals surface area contributed by atoms with E-state index < -0.39 is 32.2 Å². The Labute approximate surface area is 75.0 Å². The van der Waals surface area contributed by atoms with Crippen LogP contribution in [0.1, 0.15) is 6.92 Å². The summed E-state index contributed by atoms with van der Waals surface area (Å²) in [5.74, 6) is 0. The zero-order valence-electron chi connectivity index (χ0n) is 6.95. The topological polar surface area (TPSA) is 88.1 Å². The van der Waals surface area contributed by atoms with E-state index in [1.165, 1.54) is 0 Å². The number of aliphatic hydroxyl groups excluding tert-OH is 1. The maximum Gasteiger partial charge on any atom is 0.268 e. The van der Waals surface area contributed by atoms with E-state index in [1.54, 1.807) is 6.92 Å². The molecule has 13 heavy (non-hydrogen) atoms. The molecule has 0 aromatic heterocycles. The lowest BCUT2D eigenvalue weighted by atomic mass is 10.1. The molecule has 0 amide bonds. The lowest BCUT2D eigenvalue weighted by Crippen LogP contribution is -2.41. The number of hydrogen-bond donors (Lipinski definition) is 1. The quantitative estimate of drug-likeness (QED) is 0.516. The van der Waals surface area contributed by atoms with E-state index in [9.17, 15) is 14.6 Å². The molecule has 0 bridgehead atoms. The fourth-order valence-corrected chi connectivity index (χ4v) is 2.48. The van der Waals surface area contributed by atoms with E-state index in [0.717, 1.165) is 0 Å². The lowest BCUT2D eigenvalue weighted by molar-refractivity contribution is -0.245. The lowest BCUT2D eigenvalue weighted by Gasteiger charge is -2.34. The molecule has 5 atom stereocenters. The average Bonchev–Trinajstić information content (AvgIpc) is 2.29. The van der Waals surface area contributed by atoms with Gasteiger partial charge in [-0.25, -0.2) is 0 Å². The van der Waals surface area contributed by atoms with Crippen molar-refractivity contribution in [3.63, 3.8) is 0 Å². The monoisotopic (exact) mass is 209 g/mol. The molecule has 0 radical (unpaired) electrons. The number of phosphoric ester groups is 1. The number of hydrogen-bond acceptors (Lipinski definition) is 6. The first-order chi connectivity index (χ1) is 5.99. The van der Waals surface area contributed by atoms with Crippen molar-refractivity contribution in [1.29, 1.82) is 0 Å². The number of phosphoric acid groups is 1. The second kappa shape index (κ2) is 3.02. The molecule has 2 rings (SSSR count). The molecule has 2 aliphatic rings. The standard InChI is InChI=1S/C6H11O6P/c1-3-5(7)6-4(11-3)2-10-13(8,9)12-6/h3-7H,2H2,1H3,(H,8,9)/p-1/t3-,4+,5?,6?/m0/s1. The number of ether oxygens (including phenoxy) is 1. The fraction of sp³-hybridized carbons (Fsp3) is 1.00. The molecule has 1 N–H and O–H groups in total. The molecule has 0 aromatic carbocycles. The van der Waals surface area contributed by atoms with Gasteiger partial charge < -0.3 is 23.8 Å². The Bertz CT molecular complexity index is 256. The molecular weight excluding hydrogens is 199 g/mol. The van der Waals surface area contributed by atoms with Gasteiger partial charge in [-0.05, 0) is 6.92 Å². The predicted molar refractivity (Wildman–Crippen MR) is 38.8 cm³/mol. The molecule has 7 heteroatoms. The number of rotatable bonds is 0. The van der Waals surface area contributed by atoms with Crippen LogP contribution in [0.5, 0.6) is 0 Å². The van der Waals surface area contributed by atoms with Crippen LogP contribution in [0.3, 0.4) is 0 Å². The van der Waals surface area contributed by atoms with Gasteiger partial charge in [0.05, 0.1) is 12.7 Å². The van der Waals surface area contributed by atoms with Gasteiger partial charge in [-0.15, -0.1) is 0 Å². The molecule has 3 unspecified atom stereocenters. The zero-order valence-corrected chi connectivity index (χ0v) is 7.85. The Morgan fingerprint density at radius 1 is 1.62 bits per heavy atom. The Balaban J connectivity index is 2.14. The summed E-state index contributed by atoms with van der Waals surface area (Å²) in [6, 6.07) is 0. The predicted octanol–water partition coefficient (Wildman–Crippen LogP) is -0.982. The van der Waals surface area contributed by atoms with Gasteiger partial charge in [0.15, 0.2) is 0 Å². The van der Waals surface area contributed by atoms with Crippen LogP contribution in [-0.2, 0) is 18.3 Å². The molecule has 0 aromatic rings. The van der Waals surface area contributed by atoms with Gasteiger partial charge in [0, 0.05) is 0 Å². The summed E-state index contributed by atoms with van der Waals surface area (Å²) in [4.78, 5) is 10.9. The largest absolute Gasteiger partial charge is 0.756 e. The molecule has 2 heterocycles. The average molecular weight is 209 g/mol. The molecule has 76 valence electrons. The summed E-state index contributed by atoms with van der Waals surface area (Å²) < 4.78 is 25.1. The van der Waals surface area contributed by atoms with Crippen LogP contribution in [0.4, 0.5) is 0 Å². The van der Waals surface area contributed by atoms with Crippen molar-refractivity contribution in [2.75, 3.05) is 6.61 Å². The van der Waals surface area contributed by atoms with Gasteiger partial charge in [-0.2, -0.15) is 0 Å². The molecule has 6 nitrogen and oxygen atoms in total. The normalized spacial score (nSPS) is 56.2. The summed E-state index contributed by atoms with van der Waals surface area (Å²) >= 11 is 0. The van der Waals surface area contributed by atoms with Crippen LogP contribution < -0.4 is 4.89 Å². The third-order valence-corrected chi connectivity index (χ3v) is 3.19. The Morgan fingerprint density at radius 2 is 2.31 bits per heavy atom. The van der Waals surface area contributed by atoms with E-state index in [0.29, 0.717) is 0 Å². The van der Waals surface area contributed by atoms with Gasteiger partial charge in [0.25, 0.3) is 7.82 Å². The molecule has 2 saturated heterocycles. The van der Waals surface area contributed by atoms with Gasteiger partial charge >= 0.3 is 0 Å². The fourth-order valence-electron chi connectivity index (χ4n) is 1.53. The minimum atomic E-state index is -4.21. The van der Waals surface area contributed by atoms with Crippen LogP contribution in [0, 0.1) is 0 Å². The summed E-state index contributed by atoms with van der Waals surface area (Å²) in [5.41, 5.74) is 0. The highest BCUT2D eigenvalue weighted by Gasteiger charge is 2.47. The summed E-state index contributed by atoms with van der Waals surface area (Å²) in [7, 11) is -4.21. The van der Waals surface area contributed by atoms with Crippen LogP contribution in [0.2, 0.25) is 0 Å². The van der Waals surface area contributed by atoms with Crippen LogP contribution in [0.15, 0.2) is 0 Å². The molecule has 0 saturated carbocycles. The smallest absolute Gasteiger partial charge is 0.268 e. The van der Waals surface area contributed by atoms with Gasteiger partial charge in [0.1, 0.15) is 18.3 Å². The van der Waals surface area contributed by atoms with E-state index in [2.05, 4.69) is 9.05 Å². The van der Waals surface area contributed by atoms with Crippen LogP contribution in [0.25, 0.3) is 0 Å². The maximum absolute atomic E-state index is 10.9. The van der Waals surface area contributed by atoms with E-state index >= 15 is 0 Å². The summed E-state index contributed by atoms with van der Waals surface area (Å²) in [5, 5.41) is 9.46. The molecular formula is C6H10O6P-. The molecule has 0 aliphatic carbocycles. The highest BCUT2D eigenvalue weighted by Crippen LogP contribution is 2.47. The second-order valence-electron chi connectivity index (χ2n) is 3.18. The van der Waals surface area contributed by atoms with Crippen molar-refractivity contribution in [3.8, 4) is 0 Å². The number of fused-ring (bicyclic) bond motifs is 1. The Kier molecular flexibility index (Phi) is 2.22. The third kappa shape index (κ3) is 1.66. The summed E-state index contributed by atoms with van der Waals surface area (Å²) in [6.45, 7) is 1.58. The highest BCUT2D eigenvalue weighted by atomic mass is 31.2. The van der Waals surface area contributed by atoms with E-state index in [1.807, 2.05) is 0 Å². The number of aliphatic hydroxyl groups is 1. The SMILES string of the molecule is C[C@@H]1O[C@@H]2COP(=O)([O-])OC2C1O. The van der Waals surface area contributed by atoms with Gasteiger partial charge in [-0.3, -0.25) is 4.57 Å². The molecule has 2 fully saturated rings. The van der Waals surface area contributed by atoms with Crippen molar-refractivity contribution in [3.05, 3.63) is 0 Å². The van der Waals surface area contributed by atoms with Crippen LogP contribution in [-0.4, -0.2) is 36.1 Å². The van der Waals surface area contributed by atoms with Crippen molar-refractivity contribution in [1.82, 2.24) is 0 Å². The molecule has 2 aliphatic heterocycles. The van der Waals surface area contributed by atoms with Crippen molar-refractivity contribution in [2.45, 2.75) is 31.3 Å². The Morgan fingerprint density at radius 3 is 3.00 bits per heavy atom. The first-order valence-electron chi connectivity index (χ1n) is 3.97. The van der Waals surface area contributed by atoms with Gasteiger partial charge in [0.2, 0.25) is 0 Å². The van der Waals surface area contributed by atoms with Crippen molar-refractivity contribution in [2.24, 2.45) is 0 Å². The van der Waals surface area contributed by atoms with Gasteiger partial charge in [-0.1, -0.05) is 0 Å². The minimum Gasteiger partial charge on any atom is -0.756 e.